The molecule has 0 fully saturated rings. The SMILES string of the molecule is CCCn1cnc2c1CN(C(=O)c1ccc(N(C)C)cc1)[C@H](C(=O)OC)C2. The average Bonchev–Trinajstić information content (AvgIpc) is 3.08. The van der Waals surface area contributed by atoms with Crippen LogP contribution < -0.4 is 4.90 Å². The molecule has 0 N–H and O–H groups in total. The fourth-order valence-corrected chi connectivity index (χ4v) is 3.43. The number of esters is 1. The number of benzene rings is 1. The third-order valence-electron chi connectivity index (χ3n) is 4.95. The van der Waals surface area contributed by atoms with Gasteiger partial charge in [-0.2, -0.15) is 0 Å². The fourth-order valence-electron chi connectivity index (χ4n) is 3.43. The van der Waals surface area contributed by atoms with Gasteiger partial charge in [-0.1, -0.05) is 6.92 Å². The summed E-state index contributed by atoms with van der Waals surface area (Å²) < 4.78 is 7.02. The Balaban J connectivity index is 1.93. The summed E-state index contributed by atoms with van der Waals surface area (Å²) in [6, 6.07) is 6.73. The molecular weight excluding hydrogens is 344 g/mol. The highest BCUT2D eigenvalue weighted by Gasteiger charge is 2.37. The minimum absolute atomic E-state index is 0.175. The number of anilines is 1. The van der Waals surface area contributed by atoms with Gasteiger partial charge in [-0.05, 0) is 30.7 Å². The molecule has 7 nitrogen and oxygen atoms in total. The minimum atomic E-state index is -0.659. The van der Waals surface area contributed by atoms with Gasteiger partial charge in [-0.25, -0.2) is 9.78 Å². The summed E-state index contributed by atoms with van der Waals surface area (Å²) in [7, 11) is 5.25. The molecule has 0 bridgehead atoms. The number of aryl methyl sites for hydroxylation is 1. The van der Waals surface area contributed by atoms with Crippen LogP contribution in [-0.4, -0.2) is 53.6 Å². The maximum absolute atomic E-state index is 13.2. The van der Waals surface area contributed by atoms with Crippen LogP contribution in [0.1, 0.15) is 35.1 Å². The van der Waals surface area contributed by atoms with Gasteiger partial charge in [0.25, 0.3) is 5.91 Å². The van der Waals surface area contributed by atoms with Crippen LogP contribution in [0.2, 0.25) is 0 Å². The van der Waals surface area contributed by atoms with Gasteiger partial charge >= 0.3 is 5.97 Å². The zero-order valence-electron chi connectivity index (χ0n) is 16.3. The van der Waals surface area contributed by atoms with Crippen molar-refractivity contribution >= 4 is 17.6 Å². The largest absolute Gasteiger partial charge is 0.467 e. The standard InChI is InChI=1S/C20H26N4O3/c1-5-10-23-13-21-16-11-17(20(26)27-4)24(12-18(16)23)19(25)14-6-8-15(9-7-14)22(2)3/h6-9,13,17H,5,10-12H2,1-4H3/t17-/m0/s1. The van der Waals surface area contributed by atoms with Gasteiger partial charge in [0.2, 0.25) is 0 Å². The first kappa shape index (κ1) is 18.9. The molecule has 1 aromatic heterocycles. The number of hydrogen-bond acceptors (Lipinski definition) is 5. The van der Waals surface area contributed by atoms with E-state index in [0.717, 1.165) is 30.0 Å². The summed E-state index contributed by atoms with van der Waals surface area (Å²) in [5.41, 5.74) is 3.43. The van der Waals surface area contributed by atoms with Crippen molar-refractivity contribution in [2.24, 2.45) is 0 Å². The molecule has 7 heteroatoms. The van der Waals surface area contributed by atoms with Gasteiger partial charge in [0.1, 0.15) is 6.04 Å². The Morgan fingerprint density at radius 1 is 1.26 bits per heavy atom. The van der Waals surface area contributed by atoms with E-state index < -0.39 is 12.0 Å². The molecule has 0 aliphatic carbocycles. The Hall–Kier alpha value is -2.83. The van der Waals surface area contributed by atoms with E-state index in [2.05, 4.69) is 16.5 Å². The number of rotatable bonds is 5. The zero-order chi connectivity index (χ0) is 19.6. The van der Waals surface area contributed by atoms with Crippen LogP contribution in [0.25, 0.3) is 0 Å². The van der Waals surface area contributed by atoms with Gasteiger partial charge in [0, 0.05) is 38.3 Å². The van der Waals surface area contributed by atoms with Crippen molar-refractivity contribution in [2.75, 3.05) is 26.1 Å². The number of fused-ring (bicyclic) bond motifs is 1. The quantitative estimate of drug-likeness (QED) is 0.754. The Kier molecular flexibility index (Phi) is 5.48. The monoisotopic (exact) mass is 370 g/mol. The van der Waals surface area contributed by atoms with E-state index in [0.29, 0.717) is 18.5 Å². The highest BCUT2D eigenvalue weighted by molar-refractivity contribution is 5.97. The van der Waals surface area contributed by atoms with E-state index >= 15 is 0 Å². The van der Waals surface area contributed by atoms with Crippen LogP contribution in [0.4, 0.5) is 5.69 Å². The number of nitrogens with zero attached hydrogens (tertiary/aromatic N) is 4. The molecule has 0 radical (unpaired) electrons. The molecule has 0 unspecified atom stereocenters. The maximum atomic E-state index is 13.2. The highest BCUT2D eigenvalue weighted by Crippen LogP contribution is 2.26. The van der Waals surface area contributed by atoms with Gasteiger partial charge in [0.05, 0.1) is 31.4 Å². The van der Waals surface area contributed by atoms with Crippen molar-refractivity contribution in [3.8, 4) is 0 Å². The number of carbonyl (C=O) groups is 2. The Labute approximate surface area is 159 Å². The number of methoxy groups -OCH3 is 1. The van der Waals surface area contributed by atoms with Crippen LogP contribution in [0, 0.1) is 0 Å². The van der Waals surface area contributed by atoms with Crippen LogP contribution in [-0.2, 0) is 29.0 Å². The van der Waals surface area contributed by atoms with Gasteiger partial charge in [-0.3, -0.25) is 4.79 Å². The van der Waals surface area contributed by atoms with Crippen molar-refractivity contribution in [1.82, 2.24) is 14.5 Å². The van der Waals surface area contributed by atoms with Crippen LogP contribution in [0.3, 0.4) is 0 Å². The van der Waals surface area contributed by atoms with Crippen molar-refractivity contribution in [2.45, 2.75) is 38.9 Å². The second-order valence-electron chi connectivity index (χ2n) is 6.95. The van der Waals surface area contributed by atoms with Crippen molar-refractivity contribution in [3.05, 3.63) is 47.5 Å². The lowest BCUT2D eigenvalue weighted by atomic mass is 10.0. The third-order valence-corrected chi connectivity index (χ3v) is 4.95. The normalized spacial score (nSPS) is 16.0. The number of carbonyl (C=O) groups excluding carboxylic acids is 2. The van der Waals surface area contributed by atoms with Crippen molar-refractivity contribution in [3.63, 3.8) is 0 Å². The first-order valence-corrected chi connectivity index (χ1v) is 9.15. The molecule has 1 amide bonds. The Morgan fingerprint density at radius 3 is 2.56 bits per heavy atom. The van der Waals surface area contributed by atoms with Crippen LogP contribution in [0.5, 0.6) is 0 Å². The Bertz CT molecular complexity index is 826. The van der Waals surface area contributed by atoms with Gasteiger partial charge < -0.3 is 19.1 Å². The predicted octanol–water partition coefficient (Wildman–Crippen LogP) is 2.10. The summed E-state index contributed by atoms with van der Waals surface area (Å²) in [5, 5.41) is 0. The lowest BCUT2D eigenvalue weighted by molar-refractivity contribution is -0.146. The molecule has 1 aliphatic rings. The molecule has 1 aromatic carbocycles. The number of amides is 1. The number of hydrogen-bond donors (Lipinski definition) is 0. The van der Waals surface area contributed by atoms with E-state index in [-0.39, 0.29) is 5.91 Å². The molecule has 1 aliphatic heterocycles. The summed E-state index contributed by atoms with van der Waals surface area (Å²) in [6.07, 6.45) is 3.14. The molecule has 0 spiro atoms. The molecule has 0 saturated heterocycles. The molecule has 27 heavy (non-hydrogen) atoms. The first-order chi connectivity index (χ1) is 13.0. The number of imidazole rings is 1. The highest BCUT2D eigenvalue weighted by atomic mass is 16.5. The molecule has 2 aromatic rings. The lowest BCUT2D eigenvalue weighted by Gasteiger charge is -2.34. The second kappa shape index (κ2) is 7.82. The zero-order valence-corrected chi connectivity index (χ0v) is 16.3. The van der Waals surface area contributed by atoms with Crippen LogP contribution >= 0.6 is 0 Å². The van der Waals surface area contributed by atoms with Crippen molar-refractivity contribution in [1.29, 1.82) is 0 Å². The predicted molar refractivity (Wildman–Crippen MR) is 103 cm³/mol. The lowest BCUT2D eigenvalue weighted by Crippen LogP contribution is -2.49. The maximum Gasteiger partial charge on any atom is 0.329 e. The van der Waals surface area contributed by atoms with E-state index in [1.165, 1.54) is 7.11 Å². The molecule has 3 rings (SSSR count). The molecule has 0 saturated carbocycles. The molecular formula is C20H26N4O3. The van der Waals surface area contributed by atoms with E-state index in [9.17, 15) is 9.59 Å². The summed E-state index contributed by atoms with van der Waals surface area (Å²) in [6.45, 7) is 3.29. The first-order valence-electron chi connectivity index (χ1n) is 9.15. The van der Waals surface area contributed by atoms with Gasteiger partial charge in [-0.15, -0.1) is 0 Å². The summed E-state index contributed by atoms with van der Waals surface area (Å²) >= 11 is 0. The summed E-state index contributed by atoms with van der Waals surface area (Å²) in [5.74, 6) is -0.588. The smallest absolute Gasteiger partial charge is 0.329 e. The van der Waals surface area contributed by atoms with Gasteiger partial charge in [0.15, 0.2) is 0 Å². The van der Waals surface area contributed by atoms with E-state index in [1.807, 2.05) is 31.1 Å². The Morgan fingerprint density at radius 2 is 1.96 bits per heavy atom. The second-order valence-corrected chi connectivity index (χ2v) is 6.95. The van der Waals surface area contributed by atoms with Crippen LogP contribution in [0.15, 0.2) is 30.6 Å². The molecule has 1 atom stereocenters. The molecule has 2 heterocycles. The topological polar surface area (TPSA) is 67.7 Å². The summed E-state index contributed by atoms with van der Waals surface area (Å²) in [4.78, 5) is 33.6. The number of ether oxygens (including phenoxy) is 1. The average molecular weight is 370 g/mol. The third kappa shape index (κ3) is 3.67. The minimum Gasteiger partial charge on any atom is -0.467 e. The van der Waals surface area contributed by atoms with Crippen molar-refractivity contribution < 1.29 is 14.3 Å². The number of aromatic nitrogens is 2. The molecule has 144 valence electrons. The van der Waals surface area contributed by atoms with E-state index in [4.69, 9.17) is 4.74 Å². The van der Waals surface area contributed by atoms with E-state index in [1.54, 1.807) is 23.4 Å². The fraction of sp³-hybridized carbons (Fsp3) is 0.450.